The summed E-state index contributed by atoms with van der Waals surface area (Å²) < 4.78 is 43.0. The topological polar surface area (TPSA) is 55.1 Å². The molecule has 9 heteroatoms. The van der Waals surface area contributed by atoms with E-state index in [1.807, 2.05) is 0 Å². The van der Waals surface area contributed by atoms with Crippen LogP contribution >= 0.6 is 11.6 Å². The van der Waals surface area contributed by atoms with E-state index in [4.69, 9.17) is 16.1 Å². The van der Waals surface area contributed by atoms with Crippen LogP contribution in [-0.4, -0.2) is 27.1 Å². The number of pyridine rings is 1. The molecule has 0 N–H and O–H groups in total. The number of hydrogen-bond donors (Lipinski definition) is 0. The summed E-state index contributed by atoms with van der Waals surface area (Å²) >= 11 is 5.90. The quantitative estimate of drug-likeness (QED) is 0.778. The van der Waals surface area contributed by atoms with Gasteiger partial charge in [0.2, 0.25) is 5.89 Å². The van der Waals surface area contributed by atoms with E-state index in [1.165, 1.54) is 0 Å². The normalized spacial score (nSPS) is 12.4. The van der Waals surface area contributed by atoms with Crippen molar-refractivity contribution in [2.45, 2.75) is 39.5 Å². The van der Waals surface area contributed by atoms with Crippen LogP contribution in [0.5, 0.6) is 0 Å². The predicted octanol–water partition coefficient (Wildman–Crippen LogP) is 3.97. The Bertz CT molecular complexity index is 688. The number of nitrogens with zero attached hydrogens (tertiary/aromatic N) is 4. The lowest BCUT2D eigenvalue weighted by Gasteiger charge is -2.15. The number of aromatic nitrogens is 3. The summed E-state index contributed by atoms with van der Waals surface area (Å²) in [4.78, 5) is 9.88. The van der Waals surface area contributed by atoms with Crippen molar-refractivity contribution in [2.75, 3.05) is 7.05 Å². The lowest BCUT2D eigenvalue weighted by molar-refractivity contribution is -0.137. The summed E-state index contributed by atoms with van der Waals surface area (Å²) in [6, 6.07) is 0.880. The van der Waals surface area contributed by atoms with E-state index in [9.17, 15) is 13.2 Å². The standard InChI is InChI=1S/C15H18ClF3N4O/c1-9(2)4-13-21-14(24-22-13)8-23(3)7-12-11(16)5-10(6-20-12)15(17,18)19/h5-6,9H,4,7-8H2,1-3H3. The fourth-order valence-corrected chi connectivity index (χ4v) is 2.31. The molecule has 0 saturated carbocycles. The Morgan fingerprint density at radius 3 is 2.58 bits per heavy atom. The minimum Gasteiger partial charge on any atom is -0.338 e. The highest BCUT2D eigenvalue weighted by Crippen LogP contribution is 2.31. The number of alkyl halides is 3. The molecule has 132 valence electrons. The summed E-state index contributed by atoms with van der Waals surface area (Å²) in [6.45, 7) is 4.73. The lowest BCUT2D eigenvalue weighted by Crippen LogP contribution is -2.19. The maximum absolute atomic E-state index is 12.6. The third kappa shape index (κ3) is 5.17. The van der Waals surface area contributed by atoms with Crippen molar-refractivity contribution < 1.29 is 17.7 Å². The van der Waals surface area contributed by atoms with Gasteiger partial charge in [-0.1, -0.05) is 30.6 Å². The first-order valence-corrected chi connectivity index (χ1v) is 7.74. The molecule has 0 amide bonds. The van der Waals surface area contributed by atoms with E-state index in [0.29, 0.717) is 29.9 Å². The molecule has 0 fully saturated rings. The van der Waals surface area contributed by atoms with Gasteiger partial charge in [0.1, 0.15) is 0 Å². The van der Waals surface area contributed by atoms with E-state index in [0.717, 1.165) is 18.7 Å². The summed E-state index contributed by atoms with van der Waals surface area (Å²) in [7, 11) is 1.77. The molecule has 2 heterocycles. The van der Waals surface area contributed by atoms with E-state index >= 15 is 0 Å². The molecule has 0 aliphatic rings. The first-order chi connectivity index (χ1) is 11.1. The van der Waals surface area contributed by atoms with Gasteiger partial charge in [0, 0.05) is 19.2 Å². The largest absolute Gasteiger partial charge is 0.417 e. The monoisotopic (exact) mass is 362 g/mol. The van der Waals surface area contributed by atoms with Gasteiger partial charge in [-0.15, -0.1) is 0 Å². The van der Waals surface area contributed by atoms with Crippen molar-refractivity contribution in [3.8, 4) is 0 Å². The van der Waals surface area contributed by atoms with Crippen molar-refractivity contribution >= 4 is 11.6 Å². The molecule has 0 saturated heterocycles. The zero-order valence-corrected chi connectivity index (χ0v) is 14.3. The smallest absolute Gasteiger partial charge is 0.338 e. The summed E-state index contributed by atoms with van der Waals surface area (Å²) in [5.41, 5.74) is -0.511. The highest BCUT2D eigenvalue weighted by atomic mass is 35.5. The van der Waals surface area contributed by atoms with Gasteiger partial charge in [-0.25, -0.2) is 0 Å². The van der Waals surface area contributed by atoms with Crippen LogP contribution in [0.3, 0.4) is 0 Å². The molecule has 0 spiro atoms. The second-order valence-electron chi connectivity index (χ2n) is 6.02. The minimum absolute atomic E-state index is 0.0253. The van der Waals surface area contributed by atoms with Crippen molar-refractivity contribution in [3.05, 3.63) is 40.3 Å². The highest BCUT2D eigenvalue weighted by Gasteiger charge is 2.31. The first-order valence-electron chi connectivity index (χ1n) is 7.36. The van der Waals surface area contributed by atoms with Crippen LogP contribution in [-0.2, 0) is 25.7 Å². The molecule has 2 rings (SSSR count). The van der Waals surface area contributed by atoms with Crippen LogP contribution in [0.4, 0.5) is 13.2 Å². The lowest BCUT2D eigenvalue weighted by atomic mass is 10.1. The predicted molar refractivity (Wildman–Crippen MR) is 82.3 cm³/mol. The third-order valence-corrected chi connectivity index (χ3v) is 3.50. The van der Waals surface area contributed by atoms with Gasteiger partial charge in [-0.05, 0) is 19.0 Å². The maximum atomic E-state index is 12.6. The Morgan fingerprint density at radius 1 is 1.29 bits per heavy atom. The molecule has 0 aliphatic carbocycles. The van der Waals surface area contributed by atoms with Crippen LogP contribution in [0, 0.1) is 5.92 Å². The van der Waals surface area contributed by atoms with E-state index in [2.05, 4.69) is 29.0 Å². The molecule has 5 nitrogen and oxygen atoms in total. The van der Waals surface area contributed by atoms with Crippen LogP contribution in [0.15, 0.2) is 16.8 Å². The van der Waals surface area contributed by atoms with Crippen LogP contribution in [0.2, 0.25) is 5.02 Å². The summed E-state index contributed by atoms with van der Waals surface area (Å²) in [5.74, 6) is 1.50. The van der Waals surface area contributed by atoms with Crippen LogP contribution < -0.4 is 0 Å². The van der Waals surface area contributed by atoms with E-state index in [1.54, 1.807) is 11.9 Å². The molecular formula is C15H18ClF3N4O. The Balaban J connectivity index is 1.99. The summed E-state index contributed by atoms with van der Waals surface area (Å²) in [6.07, 6.45) is -2.96. The molecule has 0 bridgehead atoms. The van der Waals surface area contributed by atoms with Crippen molar-refractivity contribution in [2.24, 2.45) is 5.92 Å². The molecule has 24 heavy (non-hydrogen) atoms. The molecule has 2 aromatic rings. The second kappa shape index (κ2) is 7.48. The Kier molecular flexibility index (Phi) is 5.82. The highest BCUT2D eigenvalue weighted by molar-refractivity contribution is 6.31. The van der Waals surface area contributed by atoms with Crippen molar-refractivity contribution in [1.82, 2.24) is 20.0 Å². The number of hydrogen-bond acceptors (Lipinski definition) is 5. The van der Waals surface area contributed by atoms with Gasteiger partial charge >= 0.3 is 6.18 Å². The van der Waals surface area contributed by atoms with Crippen LogP contribution in [0.25, 0.3) is 0 Å². The van der Waals surface area contributed by atoms with Gasteiger partial charge in [0.05, 0.1) is 22.8 Å². The average molecular weight is 363 g/mol. The SMILES string of the molecule is CC(C)Cc1noc(CN(C)Cc2ncc(C(F)(F)F)cc2Cl)n1. The van der Waals surface area contributed by atoms with Crippen LogP contribution in [0.1, 0.15) is 36.8 Å². The Hall–Kier alpha value is -1.67. The fourth-order valence-electron chi connectivity index (χ4n) is 2.08. The molecule has 0 radical (unpaired) electrons. The number of rotatable bonds is 6. The van der Waals surface area contributed by atoms with Crippen molar-refractivity contribution in [1.29, 1.82) is 0 Å². The van der Waals surface area contributed by atoms with Gasteiger partial charge < -0.3 is 4.52 Å². The van der Waals surface area contributed by atoms with Gasteiger partial charge in [-0.3, -0.25) is 9.88 Å². The molecular weight excluding hydrogens is 345 g/mol. The molecule has 0 aliphatic heterocycles. The van der Waals surface area contributed by atoms with Gasteiger partial charge in [-0.2, -0.15) is 18.2 Å². The van der Waals surface area contributed by atoms with Crippen molar-refractivity contribution in [3.63, 3.8) is 0 Å². The summed E-state index contributed by atoms with van der Waals surface area (Å²) in [5, 5.41) is 3.87. The Morgan fingerprint density at radius 2 is 2.00 bits per heavy atom. The molecule has 0 unspecified atom stereocenters. The molecule has 0 atom stereocenters. The maximum Gasteiger partial charge on any atom is 0.417 e. The van der Waals surface area contributed by atoms with Gasteiger partial charge in [0.15, 0.2) is 5.82 Å². The minimum atomic E-state index is -4.46. The second-order valence-corrected chi connectivity index (χ2v) is 6.43. The zero-order chi connectivity index (χ0) is 17.9. The van der Waals surface area contributed by atoms with E-state index in [-0.39, 0.29) is 11.6 Å². The number of halogens is 4. The zero-order valence-electron chi connectivity index (χ0n) is 13.6. The third-order valence-electron chi connectivity index (χ3n) is 3.17. The van der Waals surface area contributed by atoms with Gasteiger partial charge in [0.25, 0.3) is 0 Å². The Labute approximate surface area is 142 Å². The molecule has 2 aromatic heterocycles. The molecule has 0 aromatic carbocycles. The van der Waals surface area contributed by atoms with E-state index < -0.39 is 11.7 Å². The first kappa shape index (κ1) is 18.7. The fraction of sp³-hybridized carbons (Fsp3) is 0.533. The average Bonchev–Trinajstić information content (AvgIpc) is 2.86.